The van der Waals surface area contributed by atoms with Crippen LogP contribution in [0.4, 0.5) is 0 Å². The van der Waals surface area contributed by atoms with Gasteiger partial charge in [-0.3, -0.25) is 9.59 Å². The number of aliphatic carboxylic acids is 1. The zero-order valence-electron chi connectivity index (χ0n) is 12.3. The van der Waals surface area contributed by atoms with Crippen molar-refractivity contribution in [2.45, 2.75) is 12.8 Å². The molecular formula is C18H18O4. The topological polar surface area (TPSA) is 63.6 Å². The fraction of sp³-hybridized carbons (Fsp3) is 0.222. The number of rotatable bonds is 6. The van der Waals surface area contributed by atoms with E-state index in [2.05, 4.69) is 0 Å². The van der Waals surface area contributed by atoms with Crippen LogP contribution in [0.25, 0.3) is 0 Å². The second-order valence-corrected chi connectivity index (χ2v) is 4.87. The molecule has 0 saturated carbocycles. The molecule has 0 aliphatic heterocycles. The Balaban J connectivity index is 2.51. The summed E-state index contributed by atoms with van der Waals surface area (Å²) in [6.07, 6.45) is 0. The lowest BCUT2D eigenvalue weighted by Gasteiger charge is -2.23. The van der Waals surface area contributed by atoms with Gasteiger partial charge in [0.05, 0.1) is 6.61 Å². The van der Waals surface area contributed by atoms with Crippen LogP contribution in [0.3, 0.4) is 0 Å². The van der Waals surface area contributed by atoms with E-state index in [1.807, 2.05) is 60.7 Å². The van der Waals surface area contributed by atoms with Gasteiger partial charge in [-0.15, -0.1) is 0 Å². The smallest absolute Gasteiger partial charge is 0.321 e. The molecule has 1 N–H and O–H groups in total. The van der Waals surface area contributed by atoms with Gasteiger partial charge >= 0.3 is 11.9 Å². The number of esters is 1. The first-order valence-corrected chi connectivity index (χ1v) is 7.14. The van der Waals surface area contributed by atoms with E-state index >= 15 is 0 Å². The van der Waals surface area contributed by atoms with Crippen LogP contribution in [0, 0.1) is 5.92 Å². The second kappa shape index (κ2) is 7.41. The zero-order valence-corrected chi connectivity index (χ0v) is 12.3. The minimum absolute atomic E-state index is 0.152. The van der Waals surface area contributed by atoms with Gasteiger partial charge in [-0.2, -0.15) is 0 Å². The average Bonchev–Trinajstić information content (AvgIpc) is 2.54. The van der Waals surface area contributed by atoms with Crippen molar-refractivity contribution >= 4 is 11.9 Å². The molecule has 0 spiro atoms. The van der Waals surface area contributed by atoms with Crippen molar-refractivity contribution in [2.24, 2.45) is 5.92 Å². The lowest BCUT2D eigenvalue weighted by Crippen LogP contribution is -2.32. The molecule has 2 aromatic carbocycles. The molecule has 0 unspecified atom stereocenters. The maximum absolute atomic E-state index is 12.2. The van der Waals surface area contributed by atoms with E-state index in [1.54, 1.807) is 6.92 Å². The highest BCUT2D eigenvalue weighted by atomic mass is 16.5. The molecule has 22 heavy (non-hydrogen) atoms. The molecular weight excluding hydrogens is 280 g/mol. The molecule has 2 rings (SSSR count). The summed E-state index contributed by atoms with van der Waals surface area (Å²) in [5.41, 5.74) is 1.54. The van der Waals surface area contributed by atoms with Crippen molar-refractivity contribution < 1.29 is 19.4 Å². The van der Waals surface area contributed by atoms with Gasteiger partial charge in [0.25, 0.3) is 0 Å². The van der Waals surface area contributed by atoms with Crippen LogP contribution >= 0.6 is 0 Å². The standard InChI is InChI=1S/C18H18O4/c1-2-22-18(21)16(17(19)20)15(13-9-5-3-6-10-13)14-11-7-4-8-12-14/h3-12,15-16H,2H2,1H3,(H,19,20)/t16-/m1/s1. The van der Waals surface area contributed by atoms with Gasteiger partial charge in [0.1, 0.15) is 0 Å². The maximum Gasteiger partial charge on any atom is 0.321 e. The lowest BCUT2D eigenvalue weighted by atomic mass is 9.80. The molecule has 0 radical (unpaired) electrons. The van der Waals surface area contributed by atoms with Gasteiger partial charge in [0.2, 0.25) is 0 Å². The Morgan fingerprint density at radius 2 is 1.41 bits per heavy atom. The van der Waals surface area contributed by atoms with E-state index in [0.29, 0.717) is 0 Å². The summed E-state index contributed by atoms with van der Waals surface area (Å²) in [5, 5.41) is 9.56. The highest BCUT2D eigenvalue weighted by Crippen LogP contribution is 2.33. The number of ether oxygens (including phenoxy) is 1. The Bertz CT molecular complexity index is 583. The predicted octanol–water partition coefficient (Wildman–Crippen LogP) is 3.08. The van der Waals surface area contributed by atoms with Crippen LogP contribution < -0.4 is 0 Å². The average molecular weight is 298 g/mol. The summed E-state index contributed by atoms with van der Waals surface area (Å²) in [5.74, 6) is -3.76. The summed E-state index contributed by atoms with van der Waals surface area (Å²) in [6, 6.07) is 18.3. The van der Waals surface area contributed by atoms with E-state index in [0.717, 1.165) is 11.1 Å². The SMILES string of the molecule is CCOC(=O)[C@@H](C(=O)O)C(c1ccccc1)c1ccccc1. The zero-order chi connectivity index (χ0) is 15.9. The fourth-order valence-electron chi connectivity index (χ4n) is 2.51. The normalized spacial score (nSPS) is 11.9. The second-order valence-electron chi connectivity index (χ2n) is 4.87. The highest BCUT2D eigenvalue weighted by molar-refractivity contribution is 5.95. The van der Waals surface area contributed by atoms with Crippen LogP contribution in [0.2, 0.25) is 0 Å². The summed E-state index contributed by atoms with van der Waals surface area (Å²) >= 11 is 0. The predicted molar refractivity (Wildman–Crippen MR) is 82.5 cm³/mol. The van der Waals surface area contributed by atoms with Crippen LogP contribution in [0.15, 0.2) is 60.7 Å². The highest BCUT2D eigenvalue weighted by Gasteiger charge is 2.38. The first-order valence-electron chi connectivity index (χ1n) is 7.14. The minimum atomic E-state index is -1.27. The lowest BCUT2D eigenvalue weighted by molar-refractivity contribution is -0.159. The number of hydrogen-bond donors (Lipinski definition) is 1. The molecule has 114 valence electrons. The largest absolute Gasteiger partial charge is 0.481 e. The number of carbonyl (C=O) groups excluding carboxylic acids is 1. The third-order valence-electron chi connectivity index (χ3n) is 3.46. The molecule has 0 amide bonds. The molecule has 0 aromatic heterocycles. The molecule has 0 saturated heterocycles. The van der Waals surface area contributed by atoms with E-state index < -0.39 is 23.8 Å². The number of carboxylic acid groups (broad SMARTS) is 1. The Labute approximate surface area is 129 Å². The van der Waals surface area contributed by atoms with Crippen molar-refractivity contribution in [1.82, 2.24) is 0 Å². The fourth-order valence-corrected chi connectivity index (χ4v) is 2.51. The van der Waals surface area contributed by atoms with E-state index in [1.165, 1.54) is 0 Å². The maximum atomic E-state index is 12.2. The molecule has 4 nitrogen and oxygen atoms in total. The Morgan fingerprint density at radius 1 is 0.955 bits per heavy atom. The molecule has 0 aliphatic carbocycles. The van der Waals surface area contributed by atoms with Crippen LogP contribution in [0.5, 0.6) is 0 Å². The monoisotopic (exact) mass is 298 g/mol. The van der Waals surface area contributed by atoms with Crippen LogP contribution in [-0.4, -0.2) is 23.7 Å². The van der Waals surface area contributed by atoms with E-state index in [4.69, 9.17) is 4.74 Å². The third kappa shape index (κ3) is 3.52. The van der Waals surface area contributed by atoms with Gasteiger partial charge in [-0.25, -0.2) is 0 Å². The van der Waals surface area contributed by atoms with Gasteiger partial charge in [-0.1, -0.05) is 60.7 Å². The van der Waals surface area contributed by atoms with Crippen LogP contribution in [0.1, 0.15) is 24.0 Å². The Kier molecular flexibility index (Phi) is 5.31. The third-order valence-corrected chi connectivity index (χ3v) is 3.46. The molecule has 0 aliphatic rings. The summed E-state index contributed by atoms with van der Waals surface area (Å²) in [4.78, 5) is 23.9. The summed E-state index contributed by atoms with van der Waals surface area (Å²) in [6.45, 7) is 1.82. The van der Waals surface area contributed by atoms with E-state index in [-0.39, 0.29) is 6.61 Å². The van der Waals surface area contributed by atoms with Gasteiger partial charge in [0, 0.05) is 5.92 Å². The van der Waals surface area contributed by atoms with Gasteiger partial charge in [-0.05, 0) is 18.1 Å². The number of hydrogen-bond acceptors (Lipinski definition) is 3. The molecule has 4 heteroatoms. The first-order chi connectivity index (χ1) is 10.6. The molecule has 1 atom stereocenters. The van der Waals surface area contributed by atoms with E-state index in [9.17, 15) is 14.7 Å². The van der Waals surface area contributed by atoms with Crippen molar-refractivity contribution in [3.8, 4) is 0 Å². The van der Waals surface area contributed by atoms with Crippen LogP contribution in [-0.2, 0) is 14.3 Å². The van der Waals surface area contributed by atoms with Gasteiger partial charge < -0.3 is 9.84 Å². The number of carbonyl (C=O) groups is 2. The molecule has 0 fully saturated rings. The Morgan fingerprint density at radius 3 is 1.77 bits per heavy atom. The van der Waals surface area contributed by atoms with Crippen molar-refractivity contribution in [3.63, 3.8) is 0 Å². The Hall–Kier alpha value is -2.62. The number of carboxylic acids is 1. The van der Waals surface area contributed by atoms with Gasteiger partial charge in [0.15, 0.2) is 5.92 Å². The minimum Gasteiger partial charge on any atom is -0.481 e. The van der Waals surface area contributed by atoms with Crippen molar-refractivity contribution in [3.05, 3.63) is 71.8 Å². The van der Waals surface area contributed by atoms with Crippen molar-refractivity contribution in [1.29, 1.82) is 0 Å². The summed E-state index contributed by atoms with van der Waals surface area (Å²) < 4.78 is 4.97. The number of benzene rings is 2. The molecule has 2 aromatic rings. The molecule has 0 heterocycles. The molecule has 0 bridgehead atoms. The summed E-state index contributed by atoms with van der Waals surface area (Å²) in [7, 11) is 0. The first kappa shape index (κ1) is 15.8. The quantitative estimate of drug-likeness (QED) is 0.657. The van der Waals surface area contributed by atoms with Crippen molar-refractivity contribution in [2.75, 3.05) is 6.61 Å².